The van der Waals surface area contributed by atoms with Gasteiger partial charge in [0.2, 0.25) is 0 Å². The van der Waals surface area contributed by atoms with Crippen LogP contribution in [0.1, 0.15) is 32.4 Å². The number of nitrogens with one attached hydrogen (secondary N) is 1. The van der Waals surface area contributed by atoms with Crippen molar-refractivity contribution in [3.63, 3.8) is 0 Å². The van der Waals surface area contributed by atoms with Crippen LogP contribution in [0.25, 0.3) is 0 Å². The molecule has 1 aromatic rings. The molecule has 0 aliphatic heterocycles. The number of ketones is 1. The number of hydrogen-bond acceptors (Lipinski definition) is 2. The largest absolute Gasteiger partial charge is 0.454 e. The zero-order valence-electron chi connectivity index (χ0n) is 11.7. The van der Waals surface area contributed by atoms with E-state index in [1.807, 2.05) is 37.3 Å². The zero-order chi connectivity index (χ0) is 15.3. The molecule has 0 radical (unpaired) electrons. The number of benzene rings is 1. The summed E-state index contributed by atoms with van der Waals surface area (Å²) in [7, 11) is 0. The average Bonchev–Trinajstić information content (AvgIpc) is 2.37. The third kappa shape index (κ3) is 4.72. The van der Waals surface area contributed by atoms with Crippen molar-refractivity contribution in [2.24, 2.45) is 5.92 Å². The van der Waals surface area contributed by atoms with Crippen molar-refractivity contribution in [3.8, 4) is 0 Å². The summed E-state index contributed by atoms with van der Waals surface area (Å²) >= 11 is 0. The van der Waals surface area contributed by atoms with Crippen LogP contribution in [0.15, 0.2) is 42.1 Å². The Kier molecular flexibility index (Phi) is 5.36. The van der Waals surface area contributed by atoms with E-state index in [-0.39, 0.29) is 17.7 Å². The Morgan fingerprint density at radius 3 is 2.15 bits per heavy atom. The third-order valence-corrected chi connectivity index (χ3v) is 2.87. The van der Waals surface area contributed by atoms with E-state index in [4.69, 9.17) is 0 Å². The minimum atomic E-state index is -4.84. The monoisotopic (exact) mass is 285 g/mol. The minimum Gasteiger partial charge on any atom is -0.382 e. The molecule has 0 bridgehead atoms. The van der Waals surface area contributed by atoms with Crippen LogP contribution >= 0.6 is 0 Å². The maximum absolute atomic E-state index is 12.3. The Balaban J connectivity index is 2.89. The van der Waals surface area contributed by atoms with Gasteiger partial charge in [0, 0.05) is 17.8 Å². The lowest BCUT2D eigenvalue weighted by Gasteiger charge is -2.21. The van der Waals surface area contributed by atoms with Gasteiger partial charge in [0.15, 0.2) is 0 Å². The van der Waals surface area contributed by atoms with Gasteiger partial charge in [-0.15, -0.1) is 0 Å². The first-order chi connectivity index (χ1) is 9.21. The summed E-state index contributed by atoms with van der Waals surface area (Å²) < 4.78 is 36.9. The van der Waals surface area contributed by atoms with E-state index in [2.05, 4.69) is 5.32 Å². The molecule has 0 heterocycles. The molecule has 2 nitrogen and oxygen atoms in total. The molecule has 0 fully saturated rings. The van der Waals surface area contributed by atoms with Gasteiger partial charge in [-0.05, 0) is 18.4 Å². The van der Waals surface area contributed by atoms with Crippen LogP contribution in [0, 0.1) is 5.92 Å². The van der Waals surface area contributed by atoms with Crippen LogP contribution in [-0.4, -0.2) is 12.0 Å². The van der Waals surface area contributed by atoms with Crippen LogP contribution in [0.2, 0.25) is 0 Å². The van der Waals surface area contributed by atoms with Gasteiger partial charge in [0.25, 0.3) is 5.78 Å². The number of rotatable bonds is 5. The van der Waals surface area contributed by atoms with Crippen LogP contribution in [-0.2, 0) is 4.79 Å². The van der Waals surface area contributed by atoms with E-state index < -0.39 is 12.0 Å². The molecule has 0 aromatic heterocycles. The standard InChI is InChI=1S/C15H18F3NO/c1-10(2)13(9-14(20)15(16,17)18)19-11(3)12-7-5-4-6-8-12/h4-11,19H,1-3H3/b13-9-. The molecule has 1 atom stereocenters. The van der Waals surface area contributed by atoms with Gasteiger partial charge in [-0.2, -0.15) is 13.2 Å². The Morgan fingerprint density at radius 2 is 1.70 bits per heavy atom. The topological polar surface area (TPSA) is 29.1 Å². The normalized spacial score (nSPS) is 14.2. The highest BCUT2D eigenvalue weighted by Gasteiger charge is 2.37. The van der Waals surface area contributed by atoms with E-state index in [1.54, 1.807) is 13.8 Å². The molecule has 0 spiro atoms. The van der Waals surface area contributed by atoms with Gasteiger partial charge >= 0.3 is 6.18 Å². The summed E-state index contributed by atoms with van der Waals surface area (Å²) in [5, 5.41) is 2.98. The number of hydrogen-bond donors (Lipinski definition) is 1. The predicted octanol–water partition coefficient (Wildman–Crippen LogP) is 4.01. The number of halogens is 3. The fourth-order valence-corrected chi connectivity index (χ4v) is 1.67. The summed E-state index contributed by atoms with van der Waals surface area (Å²) in [5.74, 6) is -2.04. The molecule has 1 aromatic carbocycles. The van der Waals surface area contributed by atoms with Gasteiger partial charge in [0.05, 0.1) is 0 Å². The molecular weight excluding hydrogens is 267 g/mol. The van der Waals surface area contributed by atoms with E-state index >= 15 is 0 Å². The Morgan fingerprint density at radius 1 is 1.15 bits per heavy atom. The quantitative estimate of drug-likeness (QED) is 0.828. The third-order valence-electron chi connectivity index (χ3n) is 2.87. The smallest absolute Gasteiger partial charge is 0.382 e. The highest BCUT2D eigenvalue weighted by Crippen LogP contribution is 2.21. The molecule has 110 valence electrons. The predicted molar refractivity (Wildman–Crippen MR) is 72.0 cm³/mol. The maximum atomic E-state index is 12.3. The fraction of sp³-hybridized carbons (Fsp3) is 0.400. The Labute approximate surface area is 116 Å². The van der Waals surface area contributed by atoms with Crippen LogP contribution in [0.3, 0.4) is 0 Å². The van der Waals surface area contributed by atoms with Crippen LogP contribution in [0.4, 0.5) is 13.2 Å². The minimum absolute atomic E-state index is 0.175. The van der Waals surface area contributed by atoms with Crippen molar-refractivity contribution in [3.05, 3.63) is 47.7 Å². The highest BCUT2D eigenvalue weighted by atomic mass is 19.4. The molecule has 0 saturated carbocycles. The number of alkyl halides is 3. The Hall–Kier alpha value is -1.78. The molecule has 20 heavy (non-hydrogen) atoms. The summed E-state index contributed by atoms with van der Waals surface area (Å²) in [6, 6.07) is 9.15. The zero-order valence-corrected chi connectivity index (χ0v) is 11.7. The summed E-state index contributed by atoms with van der Waals surface area (Å²) in [4.78, 5) is 11.1. The molecule has 5 heteroatoms. The van der Waals surface area contributed by atoms with Gasteiger partial charge in [-0.3, -0.25) is 4.79 Å². The van der Waals surface area contributed by atoms with E-state index in [0.717, 1.165) is 5.56 Å². The molecule has 0 aliphatic rings. The summed E-state index contributed by atoms with van der Waals surface area (Å²) in [5.41, 5.74) is 1.22. The number of carbonyl (C=O) groups excluding carboxylic acids is 1. The first-order valence-corrected chi connectivity index (χ1v) is 6.36. The summed E-state index contributed by atoms with van der Waals surface area (Å²) in [6.07, 6.45) is -4.19. The highest BCUT2D eigenvalue weighted by molar-refractivity contribution is 5.94. The molecule has 1 N–H and O–H groups in total. The van der Waals surface area contributed by atoms with E-state index in [1.165, 1.54) is 0 Å². The molecule has 1 rings (SSSR count). The fourth-order valence-electron chi connectivity index (χ4n) is 1.67. The molecule has 1 unspecified atom stereocenters. The molecule has 0 saturated heterocycles. The van der Waals surface area contributed by atoms with Crippen LogP contribution in [0.5, 0.6) is 0 Å². The number of allylic oxidation sites excluding steroid dienone is 2. The number of carbonyl (C=O) groups is 1. The van der Waals surface area contributed by atoms with Crippen molar-refractivity contribution in [2.75, 3.05) is 0 Å². The lowest BCUT2D eigenvalue weighted by molar-refractivity contribution is -0.165. The molecule has 0 aliphatic carbocycles. The lowest BCUT2D eigenvalue weighted by Crippen LogP contribution is -2.26. The first-order valence-electron chi connectivity index (χ1n) is 6.36. The van der Waals surface area contributed by atoms with Crippen molar-refractivity contribution in [1.82, 2.24) is 5.32 Å². The van der Waals surface area contributed by atoms with E-state index in [0.29, 0.717) is 6.08 Å². The molecule has 0 amide bonds. The lowest BCUT2D eigenvalue weighted by atomic mass is 10.0. The van der Waals surface area contributed by atoms with Crippen molar-refractivity contribution in [1.29, 1.82) is 0 Å². The Bertz CT molecular complexity index is 478. The second kappa shape index (κ2) is 6.59. The van der Waals surface area contributed by atoms with Crippen molar-refractivity contribution in [2.45, 2.75) is 33.0 Å². The first kappa shape index (κ1) is 16.3. The summed E-state index contributed by atoms with van der Waals surface area (Å²) in [6.45, 7) is 5.31. The van der Waals surface area contributed by atoms with Gasteiger partial charge in [0.1, 0.15) is 0 Å². The van der Waals surface area contributed by atoms with Gasteiger partial charge in [-0.25, -0.2) is 0 Å². The van der Waals surface area contributed by atoms with Crippen molar-refractivity contribution < 1.29 is 18.0 Å². The van der Waals surface area contributed by atoms with E-state index in [9.17, 15) is 18.0 Å². The maximum Gasteiger partial charge on any atom is 0.454 e. The second-order valence-corrected chi connectivity index (χ2v) is 4.89. The van der Waals surface area contributed by atoms with Gasteiger partial charge < -0.3 is 5.32 Å². The average molecular weight is 285 g/mol. The molecular formula is C15H18F3NO. The van der Waals surface area contributed by atoms with Crippen LogP contribution < -0.4 is 5.32 Å². The van der Waals surface area contributed by atoms with Crippen molar-refractivity contribution >= 4 is 5.78 Å². The van der Waals surface area contributed by atoms with Gasteiger partial charge in [-0.1, -0.05) is 44.2 Å². The SMILES string of the molecule is CC(C)/C(=C/C(=O)C(F)(F)F)NC(C)c1ccccc1. The second-order valence-electron chi connectivity index (χ2n) is 4.89.